The first-order valence-corrected chi connectivity index (χ1v) is 8.36. The summed E-state index contributed by atoms with van der Waals surface area (Å²) in [5.41, 5.74) is 2.70. The maximum absolute atomic E-state index is 11.9. The molecule has 0 bridgehead atoms. The van der Waals surface area contributed by atoms with E-state index in [2.05, 4.69) is 10.4 Å². The van der Waals surface area contributed by atoms with Crippen LogP contribution in [0.25, 0.3) is 6.08 Å². The van der Waals surface area contributed by atoms with Crippen LogP contribution in [0.15, 0.2) is 73.1 Å². The van der Waals surface area contributed by atoms with Crippen molar-refractivity contribution in [2.75, 3.05) is 0 Å². The molecule has 3 aromatic rings. The second-order valence-corrected chi connectivity index (χ2v) is 5.92. The fourth-order valence-electron chi connectivity index (χ4n) is 2.51. The lowest BCUT2D eigenvalue weighted by molar-refractivity contribution is -0.384. The van der Waals surface area contributed by atoms with E-state index >= 15 is 0 Å². The van der Waals surface area contributed by atoms with Gasteiger partial charge < -0.3 is 5.32 Å². The molecule has 0 aliphatic rings. The Morgan fingerprint density at radius 1 is 1.15 bits per heavy atom. The highest BCUT2D eigenvalue weighted by molar-refractivity contribution is 5.91. The van der Waals surface area contributed by atoms with Gasteiger partial charge in [0.1, 0.15) is 0 Å². The average Bonchev–Trinajstić information content (AvgIpc) is 3.19. The number of hydrogen-bond acceptors (Lipinski definition) is 4. The van der Waals surface area contributed by atoms with Gasteiger partial charge >= 0.3 is 0 Å². The lowest BCUT2D eigenvalue weighted by Crippen LogP contribution is -2.20. The van der Waals surface area contributed by atoms with Crippen LogP contribution in [-0.4, -0.2) is 20.6 Å². The van der Waals surface area contributed by atoms with Gasteiger partial charge in [-0.05, 0) is 28.8 Å². The van der Waals surface area contributed by atoms with Crippen LogP contribution in [-0.2, 0) is 17.9 Å². The van der Waals surface area contributed by atoms with Crippen LogP contribution in [0.5, 0.6) is 0 Å². The highest BCUT2D eigenvalue weighted by Gasteiger charge is 2.04. The number of hydrogen-bond donors (Lipinski definition) is 1. The van der Waals surface area contributed by atoms with E-state index in [0.717, 1.165) is 11.1 Å². The van der Waals surface area contributed by atoms with Crippen LogP contribution < -0.4 is 5.32 Å². The smallest absolute Gasteiger partial charge is 0.270 e. The van der Waals surface area contributed by atoms with Gasteiger partial charge in [-0.25, -0.2) is 0 Å². The minimum absolute atomic E-state index is 0.00670. The first-order valence-electron chi connectivity index (χ1n) is 8.36. The monoisotopic (exact) mass is 362 g/mol. The van der Waals surface area contributed by atoms with Crippen molar-refractivity contribution in [1.82, 2.24) is 15.1 Å². The van der Waals surface area contributed by atoms with E-state index in [1.165, 1.54) is 18.2 Å². The third kappa shape index (κ3) is 5.37. The molecule has 1 aromatic heterocycles. The van der Waals surface area contributed by atoms with Gasteiger partial charge in [0.15, 0.2) is 0 Å². The van der Waals surface area contributed by atoms with E-state index in [-0.39, 0.29) is 11.6 Å². The van der Waals surface area contributed by atoms with Gasteiger partial charge in [0.25, 0.3) is 5.69 Å². The summed E-state index contributed by atoms with van der Waals surface area (Å²) in [6.45, 7) is 1.10. The Labute approximate surface area is 156 Å². The quantitative estimate of drug-likeness (QED) is 0.397. The molecule has 0 unspecified atom stereocenters. The standard InChI is InChI=1S/C20H18N4O3/c25-20(10-9-16-3-1-4-19(13-16)24(26)27)21-14-17-5-7-18(8-6-17)15-23-12-2-11-22-23/h1-13H,14-15H2,(H,21,25)/b10-9+. The molecule has 0 aliphatic carbocycles. The molecule has 0 atom stereocenters. The maximum atomic E-state index is 11.9. The number of nitro benzene ring substituents is 1. The molecule has 2 aromatic carbocycles. The highest BCUT2D eigenvalue weighted by atomic mass is 16.6. The zero-order valence-electron chi connectivity index (χ0n) is 14.5. The fraction of sp³-hybridized carbons (Fsp3) is 0.100. The Kier molecular flexibility index (Phi) is 5.73. The van der Waals surface area contributed by atoms with E-state index in [4.69, 9.17) is 0 Å². The summed E-state index contributed by atoms with van der Waals surface area (Å²) in [6.07, 6.45) is 6.56. The molecule has 0 radical (unpaired) electrons. The van der Waals surface area contributed by atoms with Crippen LogP contribution in [0.2, 0.25) is 0 Å². The van der Waals surface area contributed by atoms with Crippen LogP contribution in [0.3, 0.4) is 0 Å². The second kappa shape index (κ2) is 8.57. The number of non-ortho nitro benzene ring substituents is 1. The van der Waals surface area contributed by atoms with E-state index in [1.54, 1.807) is 24.4 Å². The summed E-state index contributed by atoms with van der Waals surface area (Å²) >= 11 is 0. The lowest BCUT2D eigenvalue weighted by Gasteiger charge is -2.05. The van der Waals surface area contributed by atoms with Crippen LogP contribution in [0, 0.1) is 10.1 Å². The van der Waals surface area contributed by atoms with E-state index in [9.17, 15) is 14.9 Å². The maximum Gasteiger partial charge on any atom is 0.270 e. The third-order valence-electron chi connectivity index (χ3n) is 3.90. The van der Waals surface area contributed by atoms with Gasteiger partial charge in [-0.1, -0.05) is 36.4 Å². The molecular weight excluding hydrogens is 344 g/mol. The van der Waals surface area contributed by atoms with Crippen LogP contribution >= 0.6 is 0 Å². The molecule has 1 amide bonds. The van der Waals surface area contributed by atoms with Gasteiger partial charge in [-0.15, -0.1) is 0 Å². The first kappa shape index (κ1) is 18.1. The summed E-state index contributed by atoms with van der Waals surface area (Å²) in [6, 6.07) is 15.9. The third-order valence-corrected chi connectivity index (χ3v) is 3.90. The molecule has 0 saturated heterocycles. The van der Waals surface area contributed by atoms with Crippen LogP contribution in [0.4, 0.5) is 5.69 Å². The first-order chi connectivity index (χ1) is 13.1. The van der Waals surface area contributed by atoms with Crippen LogP contribution in [0.1, 0.15) is 16.7 Å². The van der Waals surface area contributed by atoms with Gasteiger partial charge in [0.2, 0.25) is 5.91 Å². The lowest BCUT2D eigenvalue weighted by atomic mass is 10.1. The highest BCUT2D eigenvalue weighted by Crippen LogP contribution is 2.14. The minimum Gasteiger partial charge on any atom is -0.348 e. The van der Waals surface area contributed by atoms with Gasteiger partial charge in [-0.2, -0.15) is 5.10 Å². The fourth-order valence-corrected chi connectivity index (χ4v) is 2.51. The number of nitrogens with zero attached hydrogens (tertiary/aromatic N) is 3. The summed E-state index contributed by atoms with van der Waals surface area (Å²) in [4.78, 5) is 22.2. The Balaban J connectivity index is 1.51. The number of nitrogens with one attached hydrogen (secondary N) is 1. The van der Waals surface area contributed by atoms with E-state index in [0.29, 0.717) is 18.7 Å². The predicted molar refractivity (Wildman–Crippen MR) is 102 cm³/mol. The molecule has 0 fully saturated rings. The number of amides is 1. The Bertz CT molecular complexity index is 948. The molecular formula is C20H18N4O3. The average molecular weight is 362 g/mol. The number of carbonyl (C=O) groups excluding carboxylic acids is 1. The summed E-state index contributed by atoms with van der Waals surface area (Å²) in [5, 5.41) is 17.7. The summed E-state index contributed by atoms with van der Waals surface area (Å²) in [7, 11) is 0. The predicted octanol–water partition coefficient (Wildman–Crippen LogP) is 3.17. The van der Waals surface area contributed by atoms with Gasteiger partial charge in [0.05, 0.1) is 11.5 Å². The molecule has 0 saturated carbocycles. The zero-order chi connectivity index (χ0) is 19.1. The molecule has 1 heterocycles. The number of nitro groups is 1. The summed E-state index contributed by atoms with van der Waals surface area (Å²) < 4.78 is 1.84. The molecule has 7 nitrogen and oxygen atoms in total. The molecule has 7 heteroatoms. The van der Waals surface area contributed by atoms with Crippen molar-refractivity contribution < 1.29 is 9.72 Å². The molecule has 27 heavy (non-hydrogen) atoms. The van der Waals surface area contributed by atoms with E-state index in [1.807, 2.05) is 41.2 Å². The van der Waals surface area contributed by atoms with Crippen molar-refractivity contribution in [3.8, 4) is 0 Å². The second-order valence-electron chi connectivity index (χ2n) is 5.92. The molecule has 3 rings (SSSR count). The summed E-state index contributed by atoms with van der Waals surface area (Å²) in [5.74, 6) is -0.262. The normalized spacial score (nSPS) is 10.8. The largest absolute Gasteiger partial charge is 0.348 e. The van der Waals surface area contributed by atoms with Crippen molar-refractivity contribution in [2.24, 2.45) is 0 Å². The van der Waals surface area contributed by atoms with Crippen molar-refractivity contribution in [2.45, 2.75) is 13.1 Å². The number of aromatic nitrogens is 2. The Hall–Kier alpha value is -3.74. The zero-order valence-corrected chi connectivity index (χ0v) is 14.5. The molecule has 0 spiro atoms. The van der Waals surface area contributed by atoms with E-state index < -0.39 is 4.92 Å². The number of benzene rings is 2. The number of carbonyl (C=O) groups is 1. The topological polar surface area (TPSA) is 90.1 Å². The van der Waals surface area contributed by atoms with Crippen molar-refractivity contribution >= 4 is 17.7 Å². The molecule has 136 valence electrons. The van der Waals surface area contributed by atoms with Crippen molar-refractivity contribution in [1.29, 1.82) is 0 Å². The molecule has 1 N–H and O–H groups in total. The Morgan fingerprint density at radius 2 is 1.93 bits per heavy atom. The van der Waals surface area contributed by atoms with Gasteiger partial charge in [-0.3, -0.25) is 19.6 Å². The minimum atomic E-state index is -0.465. The Morgan fingerprint density at radius 3 is 2.63 bits per heavy atom. The molecule has 0 aliphatic heterocycles. The van der Waals surface area contributed by atoms with Gasteiger partial charge in [0, 0.05) is 37.1 Å². The SMILES string of the molecule is O=C(/C=C/c1cccc([N+](=O)[O-])c1)NCc1ccc(Cn2cccn2)cc1. The van der Waals surface area contributed by atoms with Crippen molar-refractivity contribution in [3.05, 3.63) is 99.9 Å². The number of rotatable bonds is 7. The van der Waals surface area contributed by atoms with Crippen molar-refractivity contribution in [3.63, 3.8) is 0 Å².